The van der Waals surface area contributed by atoms with E-state index in [1.165, 1.54) is 7.11 Å². The van der Waals surface area contributed by atoms with Crippen molar-refractivity contribution >= 4 is 17.4 Å². The Morgan fingerprint density at radius 3 is 2.61 bits per heavy atom. The van der Waals surface area contributed by atoms with Gasteiger partial charge < -0.3 is 19.5 Å². The van der Waals surface area contributed by atoms with Gasteiger partial charge in [0.15, 0.2) is 0 Å². The van der Waals surface area contributed by atoms with E-state index in [0.29, 0.717) is 37.6 Å². The summed E-state index contributed by atoms with van der Waals surface area (Å²) in [5.74, 6) is -0.970. The first-order chi connectivity index (χ1) is 15.1. The zero-order chi connectivity index (χ0) is 21.8. The standard InChI is InChI=1S/C23H25N3O5/c1-30-18-4-2-3-17(15-18)21(27)19-20(16-5-7-24-8-6-16)26(23(29)22(19)28)10-9-25-11-13-31-14-12-25/h2-8,15,20,27H,9-14H2,1H3/t20-/m1/s1. The summed E-state index contributed by atoms with van der Waals surface area (Å²) in [6.07, 6.45) is 3.23. The number of methoxy groups -OCH3 is 1. The van der Waals surface area contributed by atoms with Crippen LogP contribution in [-0.2, 0) is 14.3 Å². The number of likely N-dealkylation sites (tertiary alicyclic amines) is 1. The number of benzene rings is 1. The molecule has 1 aromatic carbocycles. The molecule has 0 unspecified atom stereocenters. The highest BCUT2D eigenvalue weighted by atomic mass is 16.5. The van der Waals surface area contributed by atoms with Gasteiger partial charge in [-0.15, -0.1) is 0 Å². The molecule has 2 saturated heterocycles. The van der Waals surface area contributed by atoms with Crippen LogP contribution in [0, 0.1) is 0 Å². The van der Waals surface area contributed by atoms with Gasteiger partial charge >= 0.3 is 0 Å². The summed E-state index contributed by atoms with van der Waals surface area (Å²) in [7, 11) is 1.53. The molecular formula is C23H25N3O5. The molecule has 1 aromatic heterocycles. The van der Waals surface area contributed by atoms with Crippen LogP contribution >= 0.6 is 0 Å². The van der Waals surface area contributed by atoms with Gasteiger partial charge in [0.2, 0.25) is 0 Å². The summed E-state index contributed by atoms with van der Waals surface area (Å²) in [6, 6.07) is 9.63. The molecule has 2 aliphatic heterocycles. The molecule has 31 heavy (non-hydrogen) atoms. The van der Waals surface area contributed by atoms with Crippen LogP contribution in [0.3, 0.4) is 0 Å². The van der Waals surface area contributed by atoms with Gasteiger partial charge in [-0.1, -0.05) is 12.1 Å². The lowest BCUT2D eigenvalue weighted by Crippen LogP contribution is -2.42. The summed E-state index contributed by atoms with van der Waals surface area (Å²) in [6.45, 7) is 3.87. The van der Waals surface area contributed by atoms with Crippen LogP contribution in [-0.4, -0.2) is 78.1 Å². The van der Waals surface area contributed by atoms with Crippen molar-refractivity contribution in [3.63, 3.8) is 0 Å². The molecular weight excluding hydrogens is 398 g/mol. The van der Waals surface area contributed by atoms with Gasteiger partial charge in [0.05, 0.1) is 31.9 Å². The lowest BCUT2D eigenvalue weighted by atomic mass is 9.96. The number of ketones is 1. The highest BCUT2D eigenvalue weighted by Gasteiger charge is 2.46. The Bertz CT molecular complexity index is 986. The number of pyridine rings is 1. The number of aliphatic hydroxyl groups excluding tert-OH is 1. The molecule has 4 rings (SSSR count). The molecule has 1 N–H and O–H groups in total. The molecule has 162 valence electrons. The third-order valence-corrected chi connectivity index (χ3v) is 5.67. The molecule has 0 aliphatic carbocycles. The maximum Gasteiger partial charge on any atom is 0.295 e. The number of carbonyl (C=O) groups excluding carboxylic acids is 2. The summed E-state index contributed by atoms with van der Waals surface area (Å²) in [4.78, 5) is 33.8. The van der Waals surface area contributed by atoms with Gasteiger partial charge in [-0.3, -0.25) is 19.5 Å². The summed E-state index contributed by atoms with van der Waals surface area (Å²) in [5, 5.41) is 11.1. The van der Waals surface area contributed by atoms with E-state index < -0.39 is 17.7 Å². The number of Topliss-reactive ketones (excluding diaryl/α,β-unsaturated/α-hetero) is 1. The fraction of sp³-hybridized carbons (Fsp3) is 0.348. The van der Waals surface area contributed by atoms with Gasteiger partial charge in [-0.05, 0) is 29.8 Å². The second kappa shape index (κ2) is 9.28. The van der Waals surface area contributed by atoms with Gasteiger partial charge in [0.1, 0.15) is 11.5 Å². The maximum atomic E-state index is 13.0. The van der Waals surface area contributed by atoms with E-state index in [1.807, 2.05) is 0 Å². The minimum absolute atomic E-state index is 0.0754. The molecule has 2 fully saturated rings. The monoisotopic (exact) mass is 423 g/mol. The number of hydrogen-bond donors (Lipinski definition) is 1. The van der Waals surface area contributed by atoms with Crippen molar-refractivity contribution in [1.29, 1.82) is 0 Å². The van der Waals surface area contributed by atoms with Gasteiger partial charge in [-0.2, -0.15) is 0 Å². The van der Waals surface area contributed by atoms with Crippen molar-refractivity contribution in [2.75, 3.05) is 46.5 Å². The fourth-order valence-electron chi connectivity index (χ4n) is 4.00. The molecule has 0 bridgehead atoms. The first kappa shape index (κ1) is 21.0. The maximum absolute atomic E-state index is 13.0. The lowest BCUT2D eigenvalue weighted by Gasteiger charge is -2.31. The quantitative estimate of drug-likeness (QED) is 0.431. The van der Waals surface area contributed by atoms with Crippen molar-refractivity contribution in [2.45, 2.75) is 6.04 Å². The number of aliphatic hydroxyl groups is 1. The van der Waals surface area contributed by atoms with Crippen LogP contribution in [0.4, 0.5) is 0 Å². The number of carbonyl (C=O) groups is 2. The molecule has 0 saturated carbocycles. The highest BCUT2D eigenvalue weighted by Crippen LogP contribution is 2.39. The average Bonchev–Trinajstić information content (AvgIpc) is 3.08. The number of amides is 1. The Labute approximate surface area is 180 Å². The number of aromatic nitrogens is 1. The zero-order valence-corrected chi connectivity index (χ0v) is 17.4. The lowest BCUT2D eigenvalue weighted by molar-refractivity contribution is -0.140. The first-order valence-corrected chi connectivity index (χ1v) is 10.2. The van der Waals surface area contributed by atoms with Crippen molar-refractivity contribution in [3.8, 4) is 5.75 Å². The topological polar surface area (TPSA) is 92.2 Å². The predicted molar refractivity (Wildman–Crippen MR) is 113 cm³/mol. The second-order valence-corrected chi connectivity index (χ2v) is 7.46. The average molecular weight is 423 g/mol. The Balaban J connectivity index is 1.72. The van der Waals surface area contributed by atoms with Gasteiger partial charge in [0, 0.05) is 44.1 Å². The van der Waals surface area contributed by atoms with Gasteiger partial charge in [0.25, 0.3) is 11.7 Å². The first-order valence-electron chi connectivity index (χ1n) is 10.2. The van der Waals surface area contributed by atoms with E-state index in [0.717, 1.165) is 18.7 Å². The molecule has 0 spiro atoms. The largest absolute Gasteiger partial charge is 0.507 e. The summed E-state index contributed by atoms with van der Waals surface area (Å²) in [5.41, 5.74) is 1.22. The minimum Gasteiger partial charge on any atom is -0.507 e. The number of rotatable bonds is 6. The molecule has 0 radical (unpaired) electrons. The Morgan fingerprint density at radius 1 is 1.16 bits per heavy atom. The fourth-order valence-corrected chi connectivity index (χ4v) is 4.00. The van der Waals surface area contributed by atoms with Crippen molar-refractivity contribution < 1.29 is 24.2 Å². The smallest absolute Gasteiger partial charge is 0.295 e. The summed E-state index contributed by atoms with van der Waals surface area (Å²) < 4.78 is 10.6. The van der Waals surface area contributed by atoms with E-state index in [2.05, 4.69) is 9.88 Å². The van der Waals surface area contributed by atoms with Crippen LogP contribution < -0.4 is 4.74 Å². The second-order valence-electron chi connectivity index (χ2n) is 7.46. The van der Waals surface area contributed by atoms with Crippen LogP contribution in [0.1, 0.15) is 17.2 Å². The van der Waals surface area contributed by atoms with Crippen molar-refractivity contribution in [2.24, 2.45) is 0 Å². The number of nitrogens with zero attached hydrogens (tertiary/aromatic N) is 3. The van der Waals surface area contributed by atoms with Crippen molar-refractivity contribution in [1.82, 2.24) is 14.8 Å². The van der Waals surface area contributed by atoms with E-state index in [9.17, 15) is 14.7 Å². The Kier molecular flexibility index (Phi) is 6.29. The number of hydrogen-bond acceptors (Lipinski definition) is 7. The molecule has 3 heterocycles. The third-order valence-electron chi connectivity index (χ3n) is 5.67. The predicted octanol–water partition coefficient (Wildman–Crippen LogP) is 1.84. The molecule has 8 heteroatoms. The molecule has 1 amide bonds. The van der Waals surface area contributed by atoms with E-state index in [-0.39, 0.29) is 11.3 Å². The van der Waals surface area contributed by atoms with E-state index in [1.54, 1.807) is 53.7 Å². The summed E-state index contributed by atoms with van der Waals surface area (Å²) >= 11 is 0. The number of morpholine rings is 1. The van der Waals surface area contributed by atoms with Gasteiger partial charge in [-0.25, -0.2) is 0 Å². The van der Waals surface area contributed by atoms with Crippen LogP contribution in [0.15, 0.2) is 54.4 Å². The SMILES string of the molecule is COc1cccc(C(O)=C2C(=O)C(=O)N(CCN3CCOCC3)[C@@H]2c2ccncc2)c1. The molecule has 1 atom stereocenters. The van der Waals surface area contributed by atoms with Crippen LogP contribution in [0.2, 0.25) is 0 Å². The zero-order valence-electron chi connectivity index (χ0n) is 17.4. The Morgan fingerprint density at radius 2 is 1.90 bits per heavy atom. The van der Waals surface area contributed by atoms with Crippen molar-refractivity contribution in [3.05, 3.63) is 65.5 Å². The highest BCUT2D eigenvalue weighted by molar-refractivity contribution is 6.46. The van der Waals surface area contributed by atoms with E-state index in [4.69, 9.17) is 9.47 Å². The minimum atomic E-state index is -0.691. The molecule has 2 aliphatic rings. The molecule has 8 nitrogen and oxygen atoms in total. The Hall–Kier alpha value is -3.23. The normalized spacial score (nSPS) is 21.5. The van der Waals surface area contributed by atoms with Crippen LogP contribution in [0.25, 0.3) is 5.76 Å². The third kappa shape index (κ3) is 4.30. The van der Waals surface area contributed by atoms with E-state index >= 15 is 0 Å². The van der Waals surface area contributed by atoms with Crippen LogP contribution in [0.5, 0.6) is 5.75 Å². The molecule has 2 aromatic rings. The number of ether oxygens (including phenoxy) is 2.